The Labute approximate surface area is 103 Å². The van der Waals surface area contributed by atoms with Crippen LogP contribution in [0.2, 0.25) is 0 Å². The van der Waals surface area contributed by atoms with E-state index in [0.29, 0.717) is 0 Å². The lowest BCUT2D eigenvalue weighted by atomic mass is 10.3. The molecule has 0 aliphatic carbocycles. The van der Waals surface area contributed by atoms with Gasteiger partial charge in [-0.05, 0) is 12.1 Å². The van der Waals surface area contributed by atoms with Gasteiger partial charge in [0.25, 0.3) is 0 Å². The molecule has 1 aromatic rings. The van der Waals surface area contributed by atoms with Gasteiger partial charge in [-0.1, -0.05) is 6.07 Å². The van der Waals surface area contributed by atoms with Crippen molar-refractivity contribution in [1.29, 1.82) is 0 Å². The molecular formula is C6H10N4O6S2. The number of rotatable bonds is 6. The molecule has 0 saturated carbocycles. The van der Waals surface area contributed by atoms with Crippen LogP contribution >= 0.6 is 0 Å². The summed E-state index contributed by atoms with van der Waals surface area (Å²) in [6.45, 7) is 0. The minimum Gasteiger partial charge on any atom is -0.370 e. The number of hydrazine groups is 2. The van der Waals surface area contributed by atoms with Crippen LogP contribution in [0.5, 0.6) is 11.5 Å². The van der Waals surface area contributed by atoms with Gasteiger partial charge in [0, 0.05) is 6.07 Å². The van der Waals surface area contributed by atoms with E-state index < -0.39 is 20.6 Å². The monoisotopic (exact) mass is 298 g/mol. The molecule has 0 aliphatic heterocycles. The molecule has 18 heavy (non-hydrogen) atoms. The van der Waals surface area contributed by atoms with Gasteiger partial charge < -0.3 is 8.37 Å². The van der Waals surface area contributed by atoms with E-state index in [1.54, 1.807) is 0 Å². The highest BCUT2D eigenvalue weighted by Crippen LogP contribution is 2.21. The molecule has 0 amide bonds. The summed E-state index contributed by atoms with van der Waals surface area (Å²) in [7, 11) is -8.31. The largest absolute Gasteiger partial charge is 0.395 e. The summed E-state index contributed by atoms with van der Waals surface area (Å²) in [4.78, 5) is 2.85. The van der Waals surface area contributed by atoms with E-state index in [2.05, 4.69) is 8.37 Å². The van der Waals surface area contributed by atoms with E-state index in [1.165, 1.54) is 27.9 Å². The van der Waals surface area contributed by atoms with Gasteiger partial charge in [0.2, 0.25) is 0 Å². The number of benzene rings is 1. The molecule has 12 heteroatoms. The highest BCUT2D eigenvalue weighted by molar-refractivity contribution is 7.85. The fourth-order valence-electron chi connectivity index (χ4n) is 0.879. The minimum atomic E-state index is -4.16. The molecule has 0 bridgehead atoms. The van der Waals surface area contributed by atoms with Gasteiger partial charge in [0.15, 0.2) is 0 Å². The third kappa shape index (κ3) is 4.44. The summed E-state index contributed by atoms with van der Waals surface area (Å²) in [6, 6.07) is 4.83. The van der Waals surface area contributed by atoms with Crippen LogP contribution in [0.4, 0.5) is 0 Å². The van der Waals surface area contributed by atoms with Crippen molar-refractivity contribution in [3.8, 4) is 11.5 Å². The molecule has 1 rings (SSSR count). The van der Waals surface area contributed by atoms with E-state index in [4.69, 9.17) is 11.7 Å². The maximum Gasteiger partial charge on any atom is 0.395 e. The van der Waals surface area contributed by atoms with Crippen LogP contribution in [0.15, 0.2) is 24.3 Å². The van der Waals surface area contributed by atoms with Crippen LogP contribution in [0.1, 0.15) is 0 Å². The zero-order valence-electron chi connectivity index (χ0n) is 8.73. The van der Waals surface area contributed by atoms with E-state index in [1.807, 2.05) is 0 Å². The molecule has 10 nitrogen and oxygen atoms in total. The van der Waals surface area contributed by atoms with Gasteiger partial charge >= 0.3 is 20.6 Å². The van der Waals surface area contributed by atoms with Crippen molar-refractivity contribution < 1.29 is 25.2 Å². The number of hydrogen-bond donors (Lipinski definition) is 4. The van der Waals surface area contributed by atoms with E-state index in [-0.39, 0.29) is 11.5 Å². The summed E-state index contributed by atoms with van der Waals surface area (Å²) in [5.74, 6) is 9.00. The van der Waals surface area contributed by atoms with Crippen molar-refractivity contribution in [2.45, 2.75) is 0 Å². The lowest BCUT2D eigenvalue weighted by Gasteiger charge is -2.08. The topological polar surface area (TPSA) is 163 Å². The van der Waals surface area contributed by atoms with Gasteiger partial charge in [-0.15, -0.1) is 9.66 Å². The van der Waals surface area contributed by atoms with Gasteiger partial charge in [0.05, 0.1) is 0 Å². The Hall–Kier alpha value is -1.44. The van der Waals surface area contributed by atoms with Crippen LogP contribution in [0.25, 0.3) is 0 Å². The predicted octanol–water partition coefficient (Wildman–Crippen LogP) is -2.14. The van der Waals surface area contributed by atoms with Gasteiger partial charge in [-0.2, -0.15) is 16.8 Å². The van der Waals surface area contributed by atoms with Crippen molar-refractivity contribution in [3.05, 3.63) is 24.3 Å². The van der Waals surface area contributed by atoms with Crippen LogP contribution < -0.4 is 29.7 Å². The molecule has 0 fully saturated rings. The van der Waals surface area contributed by atoms with E-state index in [9.17, 15) is 16.8 Å². The molecule has 0 atom stereocenters. The second-order valence-corrected chi connectivity index (χ2v) is 5.41. The molecule has 1 aromatic carbocycles. The average molecular weight is 298 g/mol. The summed E-state index contributed by atoms with van der Waals surface area (Å²) >= 11 is 0. The number of nitrogens with one attached hydrogen (secondary N) is 2. The molecule has 6 N–H and O–H groups in total. The Bertz CT molecular complexity index is 561. The molecule has 0 spiro atoms. The summed E-state index contributed by atoms with van der Waals surface area (Å²) in [6.07, 6.45) is 0. The normalized spacial score (nSPS) is 12.1. The number of hydrogen-bond acceptors (Lipinski definition) is 8. The van der Waals surface area contributed by atoms with E-state index in [0.717, 1.165) is 6.07 Å². The van der Waals surface area contributed by atoms with Gasteiger partial charge in [-0.3, -0.25) is 11.7 Å². The Balaban J connectivity index is 2.94. The van der Waals surface area contributed by atoms with Gasteiger partial charge in [0.1, 0.15) is 11.5 Å². The van der Waals surface area contributed by atoms with Crippen molar-refractivity contribution in [1.82, 2.24) is 9.66 Å². The SMILES string of the molecule is NNS(=O)(=O)Oc1cccc(OS(=O)(=O)NN)c1. The molecule has 0 aromatic heterocycles. The van der Waals surface area contributed by atoms with Crippen LogP contribution in [0, 0.1) is 0 Å². The van der Waals surface area contributed by atoms with Crippen molar-refractivity contribution in [2.75, 3.05) is 0 Å². The highest BCUT2D eigenvalue weighted by atomic mass is 32.2. The molecule has 0 radical (unpaired) electrons. The molecule has 0 aliphatic rings. The standard InChI is InChI=1S/C6H10N4O6S2/c7-9-17(11,12)15-5-2-1-3-6(4-5)16-18(13,14)10-8/h1-4,9-10H,7-8H2. The van der Waals surface area contributed by atoms with Gasteiger partial charge in [-0.25, -0.2) is 0 Å². The van der Waals surface area contributed by atoms with Crippen molar-refractivity contribution in [3.63, 3.8) is 0 Å². The van der Waals surface area contributed by atoms with Crippen molar-refractivity contribution in [2.24, 2.45) is 11.7 Å². The first-order valence-electron chi connectivity index (χ1n) is 4.22. The Morgan fingerprint density at radius 3 is 1.61 bits per heavy atom. The second kappa shape index (κ2) is 5.47. The zero-order chi connectivity index (χ0) is 13.8. The van der Waals surface area contributed by atoms with E-state index >= 15 is 0 Å². The quantitative estimate of drug-likeness (QED) is 0.341. The first kappa shape index (κ1) is 14.6. The Morgan fingerprint density at radius 2 is 1.28 bits per heavy atom. The first-order valence-corrected chi connectivity index (χ1v) is 7.03. The third-order valence-corrected chi connectivity index (χ3v) is 2.91. The minimum absolute atomic E-state index is 0.197. The Kier molecular flexibility index (Phi) is 4.44. The summed E-state index contributed by atoms with van der Waals surface area (Å²) in [5, 5.41) is 0. The second-order valence-electron chi connectivity index (χ2n) is 2.79. The maximum absolute atomic E-state index is 11.0. The van der Waals surface area contributed by atoms with Crippen LogP contribution in [0.3, 0.4) is 0 Å². The van der Waals surface area contributed by atoms with Crippen LogP contribution in [-0.4, -0.2) is 16.8 Å². The smallest absolute Gasteiger partial charge is 0.370 e. The highest BCUT2D eigenvalue weighted by Gasteiger charge is 2.13. The van der Waals surface area contributed by atoms with Crippen LogP contribution in [-0.2, 0) is 20.6 Å². The summed E-state index contributed by atoms with van der Waals surface area (Å²) in [5.41, 5.74) is 0. The number of nitrogens with two attached hydrogens (primary N) is 2. The molecular weight excluding hydrogens is 288 g/mol. The summed E-state index contributed by atoms with van der Waals surface area (Å²) < 4.78 is 52.8. The first-order chi connectivity index (χ1) is 8.28. The molecule has 0 saturated heterocycles. The molecule has 0 heterocycles. The lowest BCUT2D eigenvalue weighted by Crippen LogP contribution is -2.34. The predicted molar refractivity (Wildman–Crippen MR) is 60.2 cm³/mol. The fraction of sp³-hybridized carbons (Fsp3) is 0. The molecule has 102 valence electrons. The zero-order valence-corrected chi connectivity index (χ0v) is 10.4. The lowest BCUT2D eigenvalue weighted by molar-refractivity contribution is 0.464. The Morgan fingerprint density at radius 1 is 0.889 bits per heavy atom. The fourth-order valence-corrected chi connectivity index (χ4v) is 1.69. The van der Waals surface area contributed by atoms with Crippen molar-refractivity contribution >= 4 is 20.6 Å². The molecule has 0 unspecified atom stereocenters. The maximum atomic E-state index is 11.0. The average Bonchev–Trinajstić information content (AvgIpc) is 2.28. The third-order valence-electron chi connectivity index (χ3n) is 1.51.